The van der Waals surface area contributed by atoms with Crippen LogP contribution in [-0.2, 0) is 0 Å². The highest BCUT2D eigenvalue weighted by Gasteiger charge is 2.13. The lowest BCUT2D eigenvalue weighted by molar-refractivity contribution is 0.0691. The van der Waals surface area contributed by atoms with E-state index < -0.39 is 5.97 Å². The van der Waals surface area contributed by atoms with Gasteiger partial charge < -0.3 is 14.7 Å². The molecule has 0 spiro atoms. The number of ether oxygens (including phenoxy) is 1. The summed E-state index contributed by atoms with van der Waals surface area (Å²) in [6.45, 7) is 1.34. The molecule has 0 radical (unpaired) electrons. The second kappa shape index (κ2) is 6.56. The van der Waals surface area contributed by atoms with Crippen LogP contribution in [0.15, 0.2) is 16.7 Å². The van der Waals surface area contributed by atoms with E-state index in [4.69, 9.17) is 9.84 Å². The second-order valence-electron chi connectivity index (χ2n) is 3.82. The first-order chi connectivity index (χ1) is 8.00. The van der Waals surface area contributed by atoms with Gasteiger partial charge in [-0.1, -0.05) is 0 Å². The molecule has 5 nitrogen and oxygen atoms in total. The highest BCUT2D eigenvalue weighted by molar-refractivity contribution is 9.10. The fourth-order valence-corrected chi connectivity index (χ4v) is 1.58. The molecule has 0 saturated heterocycles. The van der Waals surface area contributed by atoms with Gasteiger partial charge in [0.15, 0.2) is 0 Å². The molecule has 0 unspecified atom stereocenters. The van der Waals surface area contributed by atoms with E-state index in [0.29, 0.717) is 11.1 Å². The van der Waals surface area contributed by atoms with Crippen molar-refractivity contribution in [3.63, 3.8) is 0 Å². The minimum atomic E-state index is -1.04. The molecule has 0 saturated carbocycles. The first-order valence-corrected chi connectivity index (χ1v) is 5.96. The fourth-order valence-electron chi connectivity index (χ4n) is 1.24. The number of aromatic carboxylic acids is 1. The van der Waals surface area contributed by atoms with Crippen LogP contribution in [0.4, 0.5) is 0 Å². The zero-order valence-corrected chi connectivity index (χ0v) is 11.4. The van der Waals surface area contributed by atoms with Gasteiger partial charge in [-0.2, -0.15) is 0 Å². The van der Waals surface area contributed by atoms with Crippen molar-refractivity contribution in [2.45, 2.75) is 6.42 Å². The van der Waals surface area contributed by atoms with Crippen molar-refractivity contribution < 1.29 is 14.6 Å². The van der Waals surface area contributed by atoms with E-state index in [1.165, 1.54) is 12.3 Å². The topological polar surface area (TPSA) is 62.7 Å². The molecule has 0 aliphatic rings. The van der Waals surface area contributed by atoms with Crippen LogP contribution in [0, 0.1) is 0 Å². The van der Waals surface area contributed by atoms with Crippen LogP contribution < -0.4 is 4.74 Å². The molecule has 1 aromatic heterocycles. The third-order valence-electron chi connectivity index (χ3n) is 2.04. The number of nitrogens with zero attached hydrogens (tertiary/aromatic N) is 2. The molecule has 17 heavy (non-hydrogen) atoms. The molecule has 1 N–H and O–H groups in total. The van der Waals surface area contributed by atoms with Gasteiger partial charge in [0.05, 0.1) is 6.61 Å². The molecule has 0 bridgehead atoms. The van der Waals surface area contributed by atoms with Gasteiger partial charge in [0.25, 0.3) is 0 Å². The fraction of sp³-hybridized carbons (Fsp3) is 0.455. The lowest BCUT2D eigenvalue weighted by Gasteiger charge is -2.11. The molecule has 0 amide bonds. The van der Waals surface area contributed by atoms with E-state index in [1.54, 1.807) is 0 Å². The Morgan fingerprint density at radius 1 is 1.59 bits per heavy atom. The Morgan fingerprint density at radius 3 is 2.88 bits per heavy atom. The monoisotopic (exact) mass is 302 g/mol. The number of carbonyl (C=O) groups is 1. The largest absolute Gasteiger partial charge is 0.477 e. The molecule has 1 rings (SSSR count). The first-order valence-electron chi connectivity index (χ1n) is 5.17. The predicted octanol–water partition coefficient (Wildman–Crippen LogP) is 1.87. The van der Waals surface area contributed by atoms with E-state index in [-0.39, 0.29) is 11.4 Å². The zero-order chi connectivity index (χ0) is 12.8. The standard InChI is InChI=1S/C11H15BrN2O3/c1-14(2)4-3-5-17-10-9(11(15)16)6-8(12)7-13-10/h6-7H,3-5H2,1-2H3,(H,15,16). The van der Waals surface area contributed by atoms with Gasteiger partial charge in [-0.3, -0.25) is 0 Å². The number of carboxylic acid groups (broad SMARTS) is 1. The molecule has 6 heteroatoms. The maximum absolute atomic E-state index is 11.0. The van der Waals surface area contributed by atoms with Crippen molar-refractivity contribution >= 4 is 21.9 Å². The third-order valence-corrected chi connectivity index (χ3v) is 2.47. The van der Waals surface area contributed by atoms with E-state index in [9.17, 15) is 4.79 Å². The molecule has 1 aromatic rings. The summed E-state index contributed by atoms with van der Waals surface area (Å²) in [6.07, 6.45) is 2.34. The Morgan fingerprint density at radius 2 is 2.29 bits per heavy atom. The maximum atomic E-state index is 11.0. The number of carboxylic acids is 1. The van der Waals surface area contributed by atoms with Gasteiger partial charge in [0.1, 0.15) is 5.56 Å². The first kappa shape index (κ1) is 13.9. The average molecular weight is 303 g/mol. The maximum Gasteiger partial charge on any atom is 0.341 e. The Balaban J connectivity index is 2.61. The molecular formula is C11H15BrN2O3. The summed E-state index contributed by atoms with van der Waals surface area (Å²) in [5.74, 6) is -0.874. The number of hydrogen-bond donors (Lipinski definition) is 1. The van der Waals surface area contributed by atoms with E-state index >= 15 is 0 Å². The number of halogens is 1. The van der Waals surface area contributed by atoms with Crippen molar-refractivity contribution in [2.75, 3.05) is 27.2 Å². The minimum absolute atomic E-state index is 0.0734. The molecule has 0 fully saturated rings. The normalized spacial score (nSPS) is 10.6. The molecule has 94 valence electrons. The summed E-state index contributed by atoms with van der Waals surface area (Å²) in [5.41, 5.74) is 0.0734. The van der Waals surface area contributed by atoms with Crippen LogP contribution >= 0.6 is 15.9 Å². The Bertz CT molecular complexity index is 396. The molecule has 0 aromatic carbocycles. The summed E-state index contributed by atoms with van der Waals surface area (Å²) < 4.78 is 5.99. The van der Waals surface area contributed by atoms with Crippen LogP contribution in [0.2, 0.25) is 0 Å². The Labute approximate surface area is 109 Å². The summed E-state index contributed by atoms with van der Waals surface area (Å²) in [6, 6.07) is 1.48. The molecule has 0 aliphatic heterocycles. The lowest BCUT2D eigenvalue weighted by atomic mass is 10.3. The van der Waals surface area contributed by atoms with Crippen LogP contribution in [-0.4, -0.2) is 48.2 Å². The van der Waals surface area contributed by atoms with Gasteiger partial charge in [0.2, 0.25) is 5.88 Å². The van der Waals surface area contributed by atoms with Gasteiger partial charge in [0, 0.05) is 17.2 Å². The van der Waals surface area contributed by atoms with E-state index in [0.717, 1.165) is 13.0 Å². The van der Waals surface area contributed by atoms with E-state index in [1.807, 2.05) is 19.0 Å². The van der Waals surface area contributed by atoms with Crippen LogP contribution in [0.5, 0.6) is 5.88 Å². The van der Waals surface area contributed by atoms with Gasteiger partial charge in [-0.05, 0) is 42.5 Å². The quantitative estimate of drug-likeness (QED) is 0.813. The Kier molecular flexibility index (Phi) is 5.37. The van der Waals surface area contributed by atoms with Crippen molar-refractivity contribution in [2.24, 2.45) is 0 Å². The van der Waals surface area contributed by atoms with Crippen molar-refractivity contribution in [3.05, 3.63) is 22.3 Å². The Hall–Kier alpha value is -1.14. The van der Waals surface area contributed by atoms with Gasteiger partial charge in [-0.15, -0.1) is 0 Å². The minimum Gasteiger partial charge on any atom is -0.477 e. The lowest BCUT2D eigenvalue weighted by Crippen LogP contribution is -2.16. The van der Waals surface area contributed by atoms with Crippen LogP contribution in [0.3, 0.4) is 0 Å². The smallest absolute Gasteiger partial charge is 0.341 e. The van der Waals surface area contributed by atoms with Crippen LogP contribution in [0.1, 0.15) is 16.8 Å². The summed E-state index contributed by atoms with van der Waals surface area (Å²) in [4.78, 5) is 17.0. The highest BCUT2D eigenvalue weighted by atomic mass is 79.9. The zero-order valence-electron chi connectivity index (χ0n) is 9.81. The van der Waals surface area contributed by atoms with Crippen LogP contribution in [0.25, 0.3) is 0 Å². The number of pyridine rings is 1. The van der Waals surface area contributed by atoms with Crippen molar-refractivity contribution in [1.29, 1.82) is 0 Å². The average Bonchev–Trinajstić information content (AvgIpc) is 2.25. The number of hydrogen-bond acceptors (Lipinski definition) is 4. The summed E-state index contributed by atoms with van der Waals surface area (Å²) in [5, 5.41) is 8.99. The predicted molar refractivity (Wildman–Crippen MR) is 67.6 cm³/mol. The third kappa shape index (κ3) is 4.70. The van der Waals surface area contributed by atoms with E-state index in [2.05, 4.69) is 20.9 Å². The highest BCUT2D eigenvalue weighted by Crippen LogP contribution is 2.20. The number of rotatable bonds is 6. The number of aromatic nitrogens is 1. The molecule has 0 aliphatic carbocycles. The van der Waals surface area contributed by atoms with Crippen molar-refractivity contribution in [1.82, 2.24) is 9.88 Å². The van der Waals surface area contributed by atoms with Gasteiger partial charge in [-0.25, -0.2) is 9.78 Å². The van der Waals surface area contributed by atoms with Gasteiger partial charge >= 0.3 is 5.97 Å². The van der Waals surface area contributed by atoms with Crippen molar-refractivity contribution in [3.8, 4) is 5.88 Å². The molecule has 1 heterocycles. The SMILES string of the molecule is CN(C)CCCOc1ncc(Br)cc1C(=O)O. The molecule has 0 atom stereocenters. The second-order valence-corrected chi connectivity index (χ2v) is 4.73. The summed E-state index contributed by atoms with van der Waals surface area (Å²) >= 11 is 3.18. The molecular weight excluding hydrogens is 288 g/mol. The summed E-state index contributed by atoms with van der Waals surface area (Å²) in [7, 11) is 3.95.